The summed E-state index contributed by atoms with van der Waals surface area (Å²) in [7, 11) is 2.93. The number of rotatable bonds is 6. The van der Waals surface area contributed by atoms with Gasteiger partial charge in [-0.25, -0.2) is 4.90 Å². The lowest BCUT2D eigenvalue weighted by atomic mass is 9.86. The molecule has 0 aromatic heterocycles. The molecule has 184 valence electrons. The second-order valence-electron chi connectivity index (χ2n) is 8.69. The van der Waals surface area contributed by atoms with Gasteiger partial charge in [0.25, 0.3) is 5.69 Å². The molecule has 0 aliphatic carbocycles. The van der Waals surface area contributed by atoms with Crippen LogP contribution < -0.4 is 14.4 Å². The van der Waals surface area contributed by atoms with E-state index in [4.69, 9.17) is 9.47 Å². The van der Waals surface area contributed by atoms with E-state index in [2.05, 4.69) is 5.10 Å². The van der Waals surface area contributed by atoms with Crippen LogP contribution in [0, 0.1) is 28.9 Å². The van der Waals surface area contributed by atoms with E-state index in [1.54, 1.807) is 31.2 Å². The van der Waals surface area contributed by atoms with Crippen molar-refractivity contribution in [2.75, 3.05) is 19.1 Å². The van der Waals surface area contributed by atoms with E-state index in [1.807, 2.05) is 0 Å². The van der Waals surface area contributed by atoms with Gasteiger partial charge < -0.3 is 9.47 Å². The standard InChI is InChI=1S/C25H22N4O7/c1-13-6-8-15(29(33)34)12-17(13)27-24(31)20-16-5-4-10-26-28(16)22(21(20)25(27)32)23(30)14-7-9-18(35-2)19(11-14)36-3/h4-12,16,20-22H,1-3H3/t16-,20-,21-,22+/m0/s1. The number of hydrogen-bond donors (Lipinski definition) is 0. The van der Waals surface area contributed by atoms with Crippen LogP contribution in [0.1, 0.15) is 15.9 Å². The number of hydrazone groups is 1. The van der Waals surface area contributed by atoms with E-state index >= 15 is 0 Å². The number of nitro benzene ring substituents is 1. The number of imide groups is 1. The SMILES string of the molecule is COc1ccc(C(=O)[C@H]2[C@H]3C(=O)N(c4cc([N+](=O)[O-])ccc4C)C(=O)[C@H]3[C@@H]3C=CC=NN32)cc1OC. The molecule has 5 rings (SSSR count). The van der Waals surface area contributed by atoms with E-state index in [-0.39, 0.29) is 16.9 Å². The van der Waals surface area contributed by atoms with Crippen molar-refractivity contribution in [1.82, 2.24) is 5.01 Å². The minimum absolute atomic E-state index is 0.140. The van der Waals surface area contributed by atoms with Gasteiger partial charge in [-0.15, -0.1) is 0 Å². The van der Waals surface area contributed by atoms with Crippen molar-refractivity contribution in [3.05, 3.63) is 69.8 Å². The summed E-state index contributed by atoms with van der Waals surface area (Å²) in [6.45, 7) is 1.66. The van der Waals surface area contributed by atoms with Crippen molar-refractivity contribution >= 4 is 35.2 Å². The second-order valence-corrected chi connectivity index (χ2v) is 8.69. The predicted octanol–water partition coefficient (Wildman–Crippen LogP) is 2.52. The summed E-state index contributed by atoms with van der Waals surface area (Å²) in [5.74, 6) is -2.63. The Balaban J connectivity index is 1.59. The summed E-state index contributed by atoms with van der Waals surface area (Å²) >= 11 is 0. The third kappa shape index (κ3) is 3.35. The van der Waals surface area contributed by atoms with Crippen LogP contribution >= 0.6 is 0 Å². The fourth-order valence-corrected chi connectivity index (χ4v) is 5.19. The van der Waals surface area contributed by atoms with E-state index in [0.29, 0.717) is 17.1 Å². The Kier molecular flexibility index (Phi) is 5.54. The molecule has 0 spiro atoms. The number of ether oxygens (including phenoxy) is 2. The van der Waals surface area contributed by atoms with E-state index in [9.17, 15) is 24.5 Å². The van der Waals surface area contributed by atoms with Crippen LogP contribution in [0.3, 0.4) is 0 Å². The number of anilines is 1. The molecular weight excluding hydrogens is 468 g/mol. The minimum atomic E-state index is -1.06. The number of carbonyl (C=O) groups is 3. The summed E-state index contributed by atoms with van der Waals surface area (Å²) in [5, 5.41) is 17.2. The van der Waals surface area contributed by atoms with Gasteiger partial charge in [-0.05, 0) is 36.8 Å². The lowest BCUT2D eigenvalue weighted by Crippen LogP contribution is -2.46. The topological polar surface area (TPSA) is 132 Å². The predicted molar refractivity (Wildman–Crippen MR) is 128 cm³/mol. The summed E-state index contributed by atoms with van der Waals surface area (Å²) < 4.78 is 10.6. The van der Waals surface area contributed by atoms with Gasteiger partial charge in [0.05, 0.1) is 42.7 Å². The number of nitro groups is 1. The van der Waals surface area contributed by atoms with Gasteiger partial charge in [0.15, 0.2) is 17.3 Å². The lowest BCUT2D eigenvalue weighted by molar-refractivity contribution is -0.384. The van der Waals surface area contributed by atoms with Crippen molar-refractivity contribution < 1.29 is 28.8 Å². The maximum atomic E-state index is 13.8. The number of benzene rings is 2. The van der Waals surface area contributed by atoms with E-state index in [1.165, 1.54) is 49.7 Å². The Hall–Kier alpha value is -4.54. The second kappa shape index (κ2) is 8.59. The Morgan fingerprint density at radius 1 is 1.03 bits per heavy atom. The Bertz CT molecular complexity index is 1370. The molecule has 0 saturated carbocycles. The molecule has 36 heavy (non-hydrogen) atoms. The van der Waals surface area contributed by atoms with Crippen LogP contribution in [0.2, 0.25) is 0 Å². The quantitative estimate of drug-likeness (QED) is 0.261. The number of aryl methyl sites for hydroxylation is 1. The largest absolute Gasteiger partial charge is 0.493 e. The molecule has 0 N–H and O–H groups in total. The van der Waals surface area contributed by atoms with Gasteiger partial charge in [-0.2, -0.15) is 5.10 Å². The molecule has 3 aliphatic rings. The first-order valence-electron chi connectivity index (χ1n) is 11.2. The zero-order valence-electron chi connectivity index (χ0n) is 19.7. The molecule has 0 bridgehead atoms. The molecule has 2 aromatic rings. The van der Waals surface area contributed by atoms with Crippen molar-refractivity contribution in [3.8, 4) is 11.5 Å². The number of fused-ring (bicyclic) bond motifs is 3. The summed E-state index contributed by atoms with van der Waals surface area (Å²) in [6.07, 6.45) is 4.91. The zero-order chi connectivity index (χ0) is 25.7. The van der Waals surface area contributed by atoms with Gasteiger partial charge in [0, 0.05) is 23.9 Å². The monoisotopic (exact) mass is 490 g/mol. The summed E-state index contributed by atoms with van der Waals surface area (Å²) in [4.78, 5) is 53.0. The number of non-ortho nitro benzene ring substituents is 1. The fourth-order valence-electron chi connectivity index (χ4n) is 5.19. The van der Waals surface area contributed by atoms with Crippen LogP contribution in [0.15, 0.2) is 53.7 Å². The van der Waals surface area contributed by atoms with Gasteiger partial charge in [0.2, 0.25) is 11.8 Å². The lowest BCUT2D eigenvalue weighted by Gasteiger charge is -2.30. The first-order chi connectivity index (χ1) is 17.3. The smallest absolute Gasteiger partial charge is 0.271 e. The average molecular weight is 490 g/mol. The highest BCUT2D eigenvalue weighted by Gasteiger charge is 2.64. The fraction of sp³-hybridized carbons (Fsp3) is 0.280. The van der Waals surface area contributed by atoms with Crippen LogP contribution in [0.5, 0.6) is 11.5 Å². The highest BCUT2D eigenvalue weighted by molar-refractivity contribution is 6.25. The molecule has 0 unspecified atom stereocenters. The summed E-state index contributed by atoms with van der Waals surface area (Å²) in [6, 6.07) is 7.03. The van der Waals surface area contributed by atoms with Crippen LogP contribution in [0.4, 0.5) is 11.4 Å². The number of ketones is 1. The normalized spacial score (nSPS) is 24.1. The van der Waals surface area contributed by atoms with Crippen molar-refractivity contribution in [2.24, 2.45) is 16.9 Å². The molecule has 3 aliphatic heterocycles. The van der Waals surface area contributed by atoms with Crippen molar-refractivity contribution in [2.45, 2.75) is 19.0 Å². The molecule has 0 radical (unpaired) electrons. The Morgan fingerprint density at radius 3 is 2.44 bits per heavy atom. The van der Waals surface area contributed by atoms with Crippen molar-refractivity contribution in [1.29, 1.82) is 0 Å². The number of methoxy groups -OCH3 is 2. The maximum absolute atomic E-state index is 13.8. The van der Waals surface area contributed by atoms with Gasteiger partial charge in [-0.1, -0.05) is 12.1 Å². The number of nitrogens with zero attached hydrogens (tertiary/aromatic N) is 4. The number of carbonyl (C=O) groups excluding carboxylic acids is 3. The molecule has 2 amide bonds. The summed E-state index contributed by atoms with van der Waals surface area (Å²) in [5.41, 5.74) is 0.696. The number of hydrogen-bond acceptors (Lipinski definition) is 9. The molecule has 2 saturated heterocycles. The molecule has 3 heterocycles. The molecule has 4 atom stereocenters. The number of allylic oxidation sites excluding steroid dienone is 1. The molecule has 11 heteroatoms. The highest BCUT2D eigenvalue weighted by atomic mass is 16.6. The van der Waals surface area contributed by atoms with E-state index in [0.717, 1.165) is 4.90 Å². The third-order valence-corrected chi connectivity index (χ3v) is 6.87. The maximum Gasteiger partial charge on any atom is 0.271 e. The molecule has 11 nitrogen and oxygen atoms in total. The Morgan fingerprint density at radius 2 is 1.75 bits per heavy atom. The number of Topliss-reactive ketones (excluding diaryl/α,β-unsaturated/α-hetero) is 1. The third-order valence-electron chi connectivity index (χ3n) is 6.87. The van der Waals surface area contributed by atoms with Crippen molar-refractivity contribution in [3.63, 3.8) is 0 Å². The van der Waals surface area contributed by atoms with Crippen LogP contribution in [-0.2, 0) is 9.59 Å². The minimum Gasteiger partial charge on any atom is -0.493 e. The molecule has 2 aromatic carbocycles. The van der Waals surface area contributed by atoms with E-state index < -0.39 is 46.4 Å². The van der Waals surface area contributed by atoms with Gasteiger partial charge >= 0.3 is 0 Å². The van der Waals surface area contributed by atoms with Crippen LogP contribution in [0.25, 0.3) is 0 Å². The van der Waals surface area contributed by atoms with Gasteiger partial charge in [-0.3, -0.25) is 29.5 Å². The molecule has 2 fully saturated rings. The first kappa shape index (κ1) is 23.2. The Labute approximate surface area is 205 Å². The number of amides is 2. The molecular formula is C25H22N4O7. The van der Waals surface area contributed by atoms with Gasteiger partial charge in [0.1, 0.15) is 6.04 Å². The average Bonchev–Trinajstić information content (AvgIpc) is 3.35. The first-order valence-corrected chi connectivity index (χ1v) is 11.2. The highest BCUT2D eigenvalue weighted by Crippen LogP contribution is 2.47. The zero-order valence-corrected chi connectivity index (χ0v) is 19.7. The van der Waals surface area contributed by atoms with Crippen LogP contribution in [-0.4, -0.2) is 60.0 Å².